The lowest BCUT2D eigenvalue weighted by Crippen LogP contribution is -2.31. The van der Waals surface area contributed by atoms with Crippen molar-refractivity contribution in [3.8, 4) is 0 Å². The van der Waals surface area contributed by atoms with Gasteiger partial charge in [0.1, 0.15) is 0 Å². The van der Waals surface area contributed by atoms with Crippen molar-refractivity contribution < 1.29 is 0 Å². The summed E-state index contributed by atoms with van der Waals surface area (Å²) in [6.45, 7) is 7.96. The van der Waals surface area contributed by atoms with Gasteiger partial charge in [-0.2, -0.15) is 0 Å². The van der Waals surface area contributed by atoms with Crippen molar-refractivity contribution in [1.29, 1.82) is 0 Å². The quantitative estimate of drug-likeness (QED) is 0.787. The summed E-state index contributed by atoms with van der Waals surface area (Å²) in [6.07, 6.45) is 5.22. The van der Waals surface area contributed by atoms with Crippen LogP contribution < -0.4 is 5.32 Å². The Morgan fingerprint density at radius 2 is 2.11 bits per heavy atom. The van der Waals surface area contributed by atoms with Gasteiger partial charge in [0.2, 0.25) is 0 Å². The zero-order valence-corrected chi connectivity index (χ0v) is 13.3. The van der Waals surface area contributed by atoms with Crippen LogP contribution in [0.4, 0.5) is 0 Å². The van der Waals surface area contributed by atoms with Gasteiger partial charge in [0, 0.05) is 16.2 Å². The molecular weight excluding hydrogens is 250 g/mol. The molecule has 0 aromatic heterocycles. The fourth-order valence-electron chi connectivity index (χ4n) is 2.96. The van der Waals surface area contributed by atoms with Gasteiger partial charge in [-0.25, -0.2) is 0 Å². The number of hydrogen-bond acceptors (Lipinski definition) is 2. The third-order valence-electron chi connectivity index (χ3n) is 3.80. The van der Waals surface area contributed by atoms with Crippen LogP contribution >= 0.6 is 11.8 Å². The molecule has 1 nitrogen and oxygen atoms in total. The molecule has 1 aliphatic heterocycles. The minimum Gasteiger partial charge on any atom is -0.314 e. The molecule has 2 rings (SSSR count). The fourth-order valence-corrected chi connectivity index (χ4v) is 4.30. The van der Waals surface area contributed by atoms with Gasteiger partial charge in [0.25, 0.3) is 0 Å². The summed E-state index contributed by atoms with van der Waals surface area (Å²) in [5.41, 5.74) is 1.56. The Kier molecular flexibility index (Phi) is 5.77. The molecule has 0 radical (unpaired) electrons. The normalized spacial score (nSPS) is 19.7. The molecule has 0 amide bonds. The van der Waals surface area contributed by atoms with E-state index in [1.54, 1.807) is 5.56 Å². The van der Waals surface area contributed by atoms with E-state index >= 15 is 0 Å². The molecule has 1 N–H and O–H groups in total. The maximum atomic E-state index is 3.65. The number of benzene rings is 1. The Bertz CT molecular complexity index is 364. The maximum absolute atomic E-state index is 3.65. The molecule has 1 heterocycles. The van der Waals surface area contributed by atoms with Crippen LogP contribution in [0.2, 0.25) is 0 Å². The molecule has 2 unspecified atom stereocenters. The third kappa shape index (κ3) is 4.54. The second kappa shape index (κ2) is 7.35. The highest BCUT2D eigenvalue weighted by Crippen LogP contribution is 2.39. The van der Waals surface area contributed by atoms with Gasteiger partial charge in [-0.15, -0.1) is 11.8 Å². The van der Waals surface area contributed by atoms with E-state index in [4.69, 9.17) is 0 Å². The number of fused-ring (bicyclic) bond motifs is 1. The average molecular weight is 277 g/mol. The molecule has 0 bridgehead atoms. The summed E-state index contributed by atoms with van der Waals surface area (Å²) in [7, 11) is 0. The smallest absolute Gasteiger partial charge is 0.0136 e. The summed E-state index contributed by atoms with van der Waals surface area (Å²) in [5, 5.41) is 4.45. The highest BCUT2D eigenvalue weighted by molar-refractivity contribution is 8.00. The monoisotopic (exact) mass is 277 g/mol. The Labute approximate surface area is 122 Å². The maximum Gasteiger partial charge on any atom is 0.0136 e. The number of rotatable bonds is 7. The molecule has 0 spiro atoms. The summed E-state index contributed by atoms with van der Waals surface area (Å²) in [6, 6.07) is 9.60. The van der Waals surface area contributed by atoms with E-state index in [9.17, 15) is 0 Å². The van der Waals surface area contributed by atoms with Gasteiger partial charge < -0.3 is 5.32 Å². The van der Waals surface area contributed by atoms with E-state index in [0.717, 1.165) is 17.7 Å². The first-order valence-electron chi connectivity index (χ1n) is 7.67. The van der Waals surface area contributed by atoms with Gasteiger partial charge >= 0.3 is 0 Å². The van der Waals surface area contributed by atoms with Crippen LogP contribution in [0.1, 0.15) is 45.6 Å². The molecule has 106 valence electrons. The second-order valence-electron chi connectivity index (χ2n) is 6.01. The fraction of sp³-hybridized carbons (Fsp3) is 0.647. The Morgan fingerprint density at radius 3 is 2.79 bits per heavy atom. The van der Waals surface area contributed by atoms with Crippen LogP contribution in [0.25, 0.3) is 0 Å². The molecule has 19 heavy (non-hydrogen) atoms. The van der Waals surface area contributed by atoms with Crippen LogP contribution in [0, 0.1) is 5.92 Å². The molecule has 0 saturated carbocycles. The van der Waals surface area contributed by atoms with Crippen molar-refractivity contribution in [3.05, 3.63) is 29.8 Å². The molecule has 0 aliphatic carbocycles. The predicted octanol–water partition coefficient (Wildman–Crippen LogP) is 4.51. The van der Waals surface area contributed by atoms with Crippen molar-refractivity contribution >= 4 is 11.8 Å². The lowest BCUT2D eigenvalue weighted by atomic mass is 9.97. The van der Waals surface area contributed by atoms with Crippen LogP contribution in [-0.2, 0) is 6.42 Å². The lowest BCUT2D eigenvalue weighted by Gasteiger charge is -2.21. The Morgan fingerprint density at radius 1 is 1.32 bits per heavy atom. The van der Waals surface area contributed by atoms with E-state index < -0.39 is 0 Å². The van der Waals surface area contributed by atoms with E-state index in [1.165, 1.54) is 30.6 Å². The first-order chi connectivity index (χ1) is 9.19. The van der Waals surface area contributed by atoms with E-state index in [-0.39, 0.29) is 0 Å². The van der Waals surface area contributed by atoms with Crippen LogP contribution in [0.5, 0.6) is 0 Å². The van der Waals surface area contributed by atoms with Gasteiger partial charge in [-0.1, -0.05) is 39.0 Å². The van der Waals surface area contributed by atoms with Gasteiger partial charge in [0.15, 0.2) is 0 Å². The zero-order chi connectivity index (χ0) is 13.7. The van der Waals surface area contributed by atoms with Crippen molar-refractivity contribution in [1.82, 2.24) is 5.32 Å². The highest BCUT2D eigenvalue weighted by atomic mass is 32.2. The number of thioether (sulfide) groups is 1. The average Bonchev–Trinajstić information content (AvgIpc) is 2.78. The largest absolute Gasteiger partial charge is 0.314 e. The van der Waals surface area contributed by atoms with Crippen LogP contribution in [-0.4, -0.2) is 17.8 Å². The topological polar surface area (TPSA) is 12.0 Å². The van der Waals surface area contributed by atoms with E-state index in [0.29, 0.717) is 6.04 Å². The molecular formula is C17H27NS. The minimum absolute atomic E-state index is 0.703. The Hall–Kier alpha value is -0.470. The van der Waals surface area contributed by atoms with Crippen molar-refractivity contribution in [2.45, 2.75) is 62.6 Å². The molecule has 2 atom stereocenters. The van der Waals surface area contributed by atoms with Crippen molar-refractivity contribution in [2.24, 2.45) is 5.92 Å². The first kappa shape index (κ1) is 14.9. The molecule has 1 aromatic rings. The molecule has 0 saturated heterocycles. The third-order valence-corrected chi connectivity index (χ3v) is 5.19. The zero-order valence-electron chi connectivity index (χ0n) is 12.5. The molecule has 2 heteroatoms. The van der Waals surface area contributed by atoms with E-state index in [1.807, 2.05) is 0 Å². The predicted molar refractivity (Wildman–Crippen MR) is 85.9 cm³/mol. The second-order valence-corrected chi connectivity index (χ2v) is 7.36. The summed E-state index contributed by atoms with van der Waals surface area (Å²) < 4.78 is 0. The first-order valence-corrected chi connectivity index (χ1v) is 8.55. The summed E-state index contributed by atoms with van der Waals surface area (Å²) in [4.78, 5) is 1.51. The van der Waals surface area contributed by atoms with Gasteiger partial charge in [-0.05, 0) is 49.8 Å². The molecule has 1 aromatic carbocycles. The van der Waals surface area contributed by atoms with Crippen molar-refractivity contribution in [2.75, 3.05) is 6.54 Å². The van der Waals surface area contributed by atoms with Crippen LogP contribution in [0.3, 0.4) is 0 Å². The standard InChI is InChI=1S/C17H27NS/c1-4-18-15(11-13(2)3)9-10-16-12-14-7-5-6-8-17(14)19-16/h5-8,13,15-16,18H,4,9-12H2,1-3H3. The SMILES string of the molecule is CCNC(CCC1Cc2ccccc2S1)CC(C)C. The lowest BCUT2D eigenvalue weighted by molar-refractivity contribution is 0.396. The Balaban J connectivity index is 1.79. The molecule has 0 fully saturated rings. The molecule has 1 aliphatic rings. The minimum atomic E-state index is 0.703. The van der Waals surface area contributed by atoms with Gasteiger partial charge in [-0.3, -0.25) is 0 Å². The number of nitrogens with one attached hydrogen (secondary N) is 1. The summed E-state index contributed by atoms with van der Waals surface area (Å²) >= 11 is 2.09. The van der Waals surface area contributed by atoms with Crippen LogP contribution in [0.15, 0.2) is 29.2 Å². The highest BCUT2D eigenvalue weighted by Gasteiger charge is 2.22. The van der Waals surface area contributed by atoms with E-state index in [2.05, 4.69) is 62.1 Å². The number of hydrogen-bond donors (Lipinski definition) is 1. The van der Waals surface area contributed by atoms with Gasteiger partial charge in [0.05, 0.1) is 0 Å². The van der Waals surface area contributed by atoms with Crippen molar-refractivity contribution in [3.63, 3.8) is 0 Å². The summed E-state index contributed by atoms with van der Waals surface area (Å²) in [5.74, 6) is 0.789.